The molecule has 5 heteroatoms. The zero-order valence-electron chi connectivity index (χ0n) is 6.43. The summed E-state index contributed by atoms with van der Waals surface area (Å²) < 4.78 is 29.6. The number of ether oxygens (including phenoxy) is 2. The highest BCUT2D eigenvalue weighted by molar-refractivity contribution is 7.80. The maximum Gasteiger partial charge on any atom is 0.159 e. The molecule has 0 saturated carbocycles. The number of hydrogen-bond acceptors (Lipinski definition) is 3. The van der Waals surface area contributed by atoms with Crippen LogP contribution in [0.3, 0.4) is 0 Å². The van der Waals surface area contributed by atoms with Crippen molar-refractivity contribution >= 4 is 11.1 Å². The van der Waals surface area contributed by atoms with Crippen LogP contribution < -0.4 is 0 Å². The summed E-state index contributed by atoms with van der Waals surface area (Å²) in [5, 5.41) is -0.530. The standard InChI is InChI=1S/C7H10O4S/c1-2-3-7(12(8)9)6-4-10-5-11-6/h1,6-7H,3-5H2,(H,8,9). The molecule has 1 fully saturated rings. The van der Waals surface area contributed by atoms with Gasteiger partial charge in [0.05, 0.1) is 11.9 Å². The lowest BCUT2D eigenvalue weighted by Crippen LogP contribution is -2.31. The molecular formula is C7H10O4S. The summed E-state index contributed by atoms with van der Waals surface area (Å²) in [6.45, 7) is 0.529. The molecule has 1 heterocycles. The lowest BCUT2D eigenvalue weighted by atomic mass is 10.2. The van der Waals surface area contributed by atoms with Crippen molar-refractivity contribution in [2.75, 3.05) is 13.4 Å². The van der Waals surface area contributed by atoms with Crippen molar-refractivity contribution in [1.29, 1.82) is 0 Å². The molecule has 0 amide bonds. The van der Waals surface area contributed by atoms with Crippen LogP contribution in [0.4, 0.5) is 0 Å². The Bertz CT molecular complexity index is 204. The van der Waals surface area contributed by atoms with Gasteiger partial charge >= 0.3 is 0 Å². The Labute approximate surface area is 73.5 Å². The Morgan fingerprint density at radius 3 is 3.00 bits per heavy atom. The second kappa shape index (κ2) is 4.58. The van der Waals surface area contributed by atoms with Crippen LogP contribution in [0.15, 0.2) is 0 Å². The molecule has 68 valence electrons. The fourth-order valence-corrected chi connectivity index (χ4v) is 1.67. The molecular weight excluding hydrogens is 180 g/mol. The summed E-state index contributed by atoms with van der Waals surface area (Å²) in [5.41, 5.74) is 0. The van der Waals surface area contributed by atoms with Crippen LogP contribution in [0.2, 0.25) is 0 Å². The van der Waals surface area contributed by atoms with E-state index in [4.69, 9.17) is 20.4 Å². The first-order valence-electron chi connectivity index (χ1n) is 3.48. The Kier molecular flexibility index (Phi) is 3.69. The third kappa shape index (κ3) is 2.29. The molecule has 1 saturated heterocycles. The molecule has 0 aliphatic carbocycles. The topological polar surface area (TPSA) is 55.8 Å². The summed E-state index contributed by atoms with van der Waals surface area (Å²) in [6.07, 6.45) is 4.94. The molecule has 1 aliphatic rings. The smallest absolute Gasteiger partial charge is 0.159 e. The van der Waals surface area contributed by atoms with E-state index in [0.29, 0.717) is 6.61 Å². The third-order valence-corrected chi connectivity index (χ3v) is 2.63. The Morgan fingerprint density at radius 2 is 2.58 bits per heavy atom. The first-order chi connectivity index (χ1) is 5.75. The van der Waals surface area contributed by atoms with Crippen molar-refractivity contribution in [2.45, 2.75) is 17.8 Å². The van der Waals surface area contributed by atoms with Gasteiger partial charge < -0.3 is 14.0 Å². The summed E-state index contributed by atoms with van der Waals surface area (Å²) >= 11 is -1.94. The van der Waals surface area contributed by atoms with Crippen LogP contribution in [0.1, 0.15) is 6.42 Å². The van der Waals surface area contributed by atoms with Crippen LogP contribution in [0, 0.1) is 12.3 Å². The molecule has 0 aromatic heterocycles. The first kappa shape index (κ1) is 9.68. The van der Waals surface area contributed by atoms with E-state index in [1.54, 1.807) is 0 Å². The molecule has 1 N–H and O–H groups in total. The van der Waals surface area contributed by atoms with Gasteiger partial charge in [-0.1, -0.05) is 0 Å². The average Bonchev–Trinajstić information content (AvgIpc) is 2.51. The highest BCUT2D eigenvalue weighted by atomic mass is 32.2. The number of rotatable bonds is 3. The van der Waals surface area contributed by atoms with E-state index in [2.05, 4.69) is 5.92 Å². The van der Waals surface area contributed by atoms with E-state index in [0.717, 1.165) is 0 Å². The molecule has 0 spiro atoms. The maximum absolute atomic E-state index is 10.8. The normalized spacial score (nSPS) is 27.8. The van der Waals surface area contributed by atoms with Gasteiger partial charge in [0.15, 0.2) is 11.1 Å². The van der Waals surface area contributed by atoms with Crippen molar-refractivity contribution in [3.05, 3.63) is 0 Å². The van der Waals surface area contributed by atoms with Crippen LogP contribution >= 0.6 is 0 Å². The molecule has 0 radical (unpaired) electrons. The van der Waals surface area contributed by atoms with Gasteiger partial charge in [-0.25, -0.2) is 4.21 Å². The minimum atomic E-state index is -1.94. The van der Waals surface area contributed by atoms with E-state index < -0.39 is 16.3 Å². The summed E-state index contributed by atoms with van der Waals surface area (Å²) in [6, 6.07) is 0. The van der Waals surface area contributed by atoms with Gasteiger partial charge in [0, 0.05) is 6.42 Å². The fourth-order valence-electron chi connectivity index (χ4n) is 1.01. The van der Waals surface area contributed by atoms with Crippen LogP contribution in [-0.4, -0.2) is 33.5 Å². The van der Waals surface area contributed by atoms with Crippen molar-refractivity contribution in [3.63, 3.8) is 0 Å². The van der Waals surface area contributed by atoms with Gasteiger partial charge in [0.25, 0.3) is 0 Å². The molecule has 0 aromatic carbocycles. The van der Waals surface area contributed by atoms with Crippen molar-refractivity contribution < 1.29 is 18.2 Å². The molecule has 1 rings (SSSR count). The van der Waals surface area contributed by atoms with E-state index in [1.165, 1.54) is 0 Å². The molecule has 0 bridgehead atoms. The predicted molar refractivity (Wildman–Crippen MR) is 43.7 cm³/mol. The van der Waals surface area contributed by atoms with Crippen molar-refractivity contribution in [3.8, 4) is 12.3 Å². The van der Waals surface area contributed by atoms with Gasteiger partial charge in [-0.2, -0.15) is 0 Å². The highest BCUT2D eigenvalue weighted by Crippen LogP contribution is 2.14. The van der Waals surface area contributed by atoms with E-state index in [9.17, 15) is 4.21 Å². The number of terminal acetylenes is 1. The van der Waals surface area contributed by atoms with Crippen molar-refractivity contribution in [1.82, 2.24) is 0 Å². The second-order valence-corrected chi connectivity index (χ2v) is 3.57. The molecule has 3 unspecified atom stereocenters. The van der Waals surface area contributed by atoms with E-state index >= 15 is 0 Å². The minimum Gasteiger partial charge on any atom is -0.353 e. The first-order valence-corrected chi connectivity index (χ1v) is 4.65. The summed E-state index contributed by atoms with van der Waals surface area (Å²) in [5.74, 6) is 2.34. The van der Waals surface area contributed by atoms with Crippen LogP contribution in [0.25, 0.3) is 0 Å². The molecule has 12 heavy (non-hydrogen) atoms. The molecule has 0 aromatic rings. The predicted octanol–water partition coefficient (Wildman–Crippen LogP) is -0.0271. The van der Waals surface area contributed by atoms with Crippen LogP contribution in [-0.2, 0) is 20.6 Å². The molecule has 1 aliphatic heterocycles. The second-order valence-electron chi connectivity index (χ2n) is 2.42. The lowest BCUT2D eigenvalue weighted by Gasteiger charge is -2.14. The van der Waals surface area contributed by atoms with E-state index in [1.807, 2.05) is 0 Å². The summed E-state index contributed by atoms with van der Waals surface area (Å²) in [7, 11) is 0. The fraction of sp³-hybridized carbons (Fsp3) is 0.714. The summed E-state index contributed by atoms with van der Waals surface area (Å²) in [4.78, 5) is 0. The molecule has 3 atom stereocenters. The third-order valence-electron chi connectivity index (χ3n) is 1.64. The van der Waals surface area contributed by atoms with E-state index in [-0.39, 0.29) is 19.3 Å². The Hall–Kier alpha value is -0.410. The Balaban J connectivity index is 2.52. The van der Waals surface area contributed by atoms with Crippen LogP contribution in [0.5, 0.6) is 0 Å². The van der Waals surface area contributed by atoms with Gasteiger partial charge in [-0.05, 0) is 0 Å². The SMILES string of the molecule is C#CCC(C1COCO1)S(=O)O. The average molecular weight is 190 g/mol. The number of hydrogen-bond donors (Lipinski definition) is 1. The monoisotopic (exact) mass is 190 g/mol. The minimum absolute atomic E-state index is 0.183. The van der Waals surface area contributed by atoms with Crippen molar-refractivity contribution in [2.24, 2.45) is 0 Å². The zero-order valence-corrected chi connectivity index (χ0v) is 7.25. The largest absolute Gasteiger partial charge is 0.353 e. The molecule has 4 nitrogen and oxygen atoms in total. The van der Waals surface area contributed by atoms with Gasteiger partial charge in [-0.15, -0.1) is 12.3 Å². The quantitative estimate of drug-likeness (QED) is 0.501. The maximum atomic E-state index is 10.8. The van der Waals surface area contributed by atoms with Gasteiger partial charge in [-0.3, -0.25) is 0 Å². The van der Waals surface area contributed by atoms with Gasteiger partial charge in [0.2, 0.25) is 0 Å². The lowest BCUT2D eigenvalue weighted by molar-refractivity contribution is 0.0459. The zero-order chi connectivity index (χ0) is 8.97. The Morgan fingerprint density at radius 1 is 1.83 bits per heavy atom. The highest BCUT2D eigenvalue weighted by Gasteiger charge is 2.30. The van der Waals surface area contributed by atoms with Gasteiger partial charge in [0.1, 0.15) is 12.9 Å².